The number of aromatic hydroxyl groups is 1. The average Bonchev–Trinajstić information content (AvgIpc) is 3.29. The molecule has 12 heteroatoms. The van der Waals surface area contributed by atoms with Crippen molar-refractivity contribution in [2.75, 3.05) is 6.54 Å². The van der Waals surface area contributed by atoms with E-state index in [4.69, 9.17) is 5.73 Å². The van der Waals surface area contributed by atoms with E-state index in [0.29, 0.717) is 11.1 Å². The molecule has 3 rings (SSSR count). The second-order valence-corrected chi connectivity index (χ2v) is 8.88. The van der Waals surface area contributed by atoms with Gasteiger partial charge in [-0.2, -0.15) is 0 Å². The Balaban J connectivity index is 1.82. The summed E-state index contributed by atoms with van der Waals surface area (Å²) in [6, 6.07) is 9.26. The number of hydrogen-bond donors (Lipinski definition) is 8. The van der Waals surface area contributed by atoms with Crippen molar-refractivity contribution in [1.29, 1.82) is 0 Å². The number of amides is 3. The predicted octanol–water partition coefficient (Wildman–Crippen LogP) is -0.463. The largest absolute Gasteiger partial charge is 0.508 e. The van der Waals surface area contributed by atoms with Crippen LogP contribution in [0.2, 0.25) is 0 Å². The Kier molecular flexibility index (Phi) is 9.41. The molecule has 0 radical (unpaired) electrons. The highest BCUT2D eigenvalue weighted by Crippen LogP contribution is 2.19. The number of phenols is 1. The summed E-state index contributed by atoms with van der Waals surface area (Å²) in [7, 11) is 0. The van der Waals surface area contributed by atoms with Gasteiger partial charge in [-0.05, 0) is 36.2 Å². The summed E-state index contributed by atoms with van der Waals surface area (Å²) >= 11 is 0. The fourth-order valence-electron chi connectivity index (χ4n) is 3.97. The molecule has 4 unspecified atom stereocenters. The lowest BCUT2D eigenvalue weighted by Crippen LogP contribution is -2.59. The molecule has 38 heavy (non-hydrogen) atoms. The number of aromatic amines is 1. The number of aliphatic carboxylic acids is 1. The molecule has 3 amide bonds. The van der Waals surface area contributed by atoms with Crippen LogP contribution in [0.4, 0.5) is 0 Å². The molecule has 4 atom stereocenters. The van der Waals surface area contributed by atoms with E-state index in [2.05, 4.69) is 20.9 Å². The summed E-state index contributed by atoms with van der Waals surface area (Å²) in [6.45, 7) is 0.875. The number of benzene rings is 2. The molecule has 1 heterocycles. The van der Waals surface area contributed by atoms with Crippen LogP contribution in [-0.4, -0.2) is 74.8 Å². The lowest BCUT2D eigenvalue weighted by Gasteiger charge is -2.25. The lowest BCUT2D eigenvalue weighted by atomic mass is 10.0. The SMILES string of the molecule is CC(O)C(NC(=O)CN)C(=O)NC(Cc1ccc(O)cc1)C(=O)NC(Cc1c[nH]c2ccccc12)C(=O)O. The predicted molar refractivity (Wildman–Crippen MR) is 138 cm³/mol. The maximum atomic E-state index is 13.3. The van der Waals surface area contributed by atoms with E-state index in [9.17, 15) is 34.5 Å². The Bertz CT molecular complexity index is 1290. The molecule has 0 aliphatic carbocycles. The molecule has 202 valence electrons. The van der Waals surface area contributed by atoms with Gasteiger partial charge in [0, 0.05) is 29.9 Å². The molecule has 0 spiro atoms. The third-order valence-corrected chi connectivity index (χ3v) is 5.99. The number of carboxylic acid groups (broad SMARTS) is 1. The number of hydrogen-bond acceptors (Lipinski definition) is 7. The molecule has 0 bridgehead atoms. The van der Waals surface area contributed by atoms with E-state index >= 15 is 0 Å². The Morgan fingerprint density at radius 2 is 1.58 bits per heavy atom. The van der Waals surface area contributed by atoms with Gasteiger partial charge in [0.15, 0.2) is 0 Å². The summed E-state index contributed by atoms with van der Waals surface area (Å²) in [6.07, 6.45) is 0.287. The van der Waals surface area contributed by atoms with E-state index in [1.165, 1.54) is 19.1 Å². The van der Waals surface area contributed by atoms with Crippen LogP contribution in [0, 0.1) is 0 Å². The topological polar surface area (TPSA) is 207 Å². The van der Waals surface area contributed by atoms with Crippen LogP contribution in [0.1, 0.15) is 18.1 Å². The molecule has 0 aliphatic heterocycles. The van der Waals surface area contributed by atoms with Crippen LogP contribution in [0.25, 0.3) is 10.9 Å². The number of carbonyl (C=O) groups is 4. The quantitative estimate of drug-likeness (QED) is 0.155. The minimum Gasteiger partial charge on any atom is -0.508 e. The highest BCUT2D eigenvalue weighted by molar-refractivity contribution is 5.94. The van der Waals surface area contributed by atoms with Crippen molar-refractivity contribution in [3.05, 3.63) is 65.9 Å². The van der Waals surface area contributed by atoms with Gasteiger partial charge in [-0.15, -0.1) is 0 Å². The second kappa shape index (κ2) is 12.7. The third-order valence-electron chi connectivity index (χ3n) is 5.99. The van der Waals surface area contributed by atoms with Crippen LogP contribution in [0.5, 0.6) is 5.75 Å². The molecule has 0 saturated heterocycles. The number of aliphatic hydroxyl groups is 1. The maximum absolute atomic E-state index is 13.3. The first kappa shape index (κ1) is 28.2. The number of aromatic nitrogens is 1. The van der Waals surface area contributed by atoms with E-state index in [-0.39, 0.29) is 18.6 Å². The smallest absolute Gasteiger partial charge is 0.326 e. The number of carboxylic acids is 1. The zero-order chi connectivity index (χ0) is 27.8. The standard InChI is InChI=1S/C26H31N5O7/c1-14(32)23(31-22(34)12-27)25(36)29-20(10-15-6-8-17(33)9-7-15)24(35)30-21(26(37)38)11-16-13-28-19-5-3-2-4-18(16)19/h2-9,13-14,20-21,23,28,32-33H,10-12,27H2,1H3,(H,29,36)(H,30,35)(H,31,34)(H,37,38). The number of nitrogens with one attached hydrogen (secondary N) is 4. The monoisotopic (exact) mass is 525 g/mol. The Labute approximate surface area is 218 Å². The van der Waals surface area contributed by atoms with Crippen molar-refractivity contribution >= 4 is 34.6 Å². The summed E-state index contributed by atoms with van der Waals surface area (Å²) < 4.78 is 0. The molecular formula is C26H31N5O7. The molecule has 3 aromatic rings. The van der Waals surface area contributed by atoms with Crippen molar-refractivity contribution < 1.29 is 34.5 Å². The summed E-state index contributed by atoms with van der Waals surface area (Å²) in [5.41, 5.74) is 7.36. The normalized spacial score (nSPS) is 14.2. The first-order chi connectivity index (χ1) is 18.1. The van der Waals surface area contributed by atoms with Gasteiger partial charge in [0.1, 0.15) is 23.9 Å². The van der Waals surface area contributed by atoms with Crippen LogP contribution in [0.15, 0.2) is 54.7 Å². The molecule has 1 aromatic heterocycles. The molecule has 0 aliphatic rings. The van der Waals surface area contributed by atoms with Crippen molar-refractivity contribution in [2.24, 2.45) is 5.73 Å². The van der Waals surface area contributed by atoms with Gasteiger partial charge >= 0.3 is 5.97 Å². The fraction of sp³-hybridized carbons (Fsp3) is 0.308. The Morgan fingerprint density at radius 1 is 0.921 bits per heavy atom. The van der Waals surface area contributed by atoms with Crippen LogP contribution in [0.3, 0.4) is 0 Å². The molecule has 12 nitrogen and oxygen atoms in total. The first-order valence-electron chi connectivity index (χ1n) is 11.9. The van der Waals surface area contributed by atoms with E-state index in [1.54, 1.807) is 18.3 Å². The lowest BCUT2D eigenvalue weighted by molar-refractivity contribution is -0.142. The Morgan fingerprint density at radius 3 is 2.21 bits per heavy atom. The van der Waals surface area contributed by atoms with Crippen molar-refractivity contribution in [3.8, 4) is 5.75 Å². The third kappa shape index (κ3) is 7.31. The van der Waals surface area contributed by atoms with E-state index in [1.807, 2.05) is 24.3 Å². The number of para-hydroxylation sites is 1. The first-order valence-corrected chi connectivity index (χ1v) is 11.9. The van der Waals surface area contributed by atoms with Gasteiger partial charge in [0.2, 0.25) is 17.7 Å². The second-order valence-electron chi connectivity index (χ2n) is 8.88. The highest BCUT2D eigenvalue weighted by atomic mass is 16.4. The molecule has 2 aromatic carbocycles. The van der Waals surface area contributed by atoms with Gasteiger partial charge in [0.05, 0.1) is 12.6 Å². The highest BCUT2D eigenvalue weighted by Gasteiger charge is 2.32. The van der Waals surface area contributed by atoms with Gasteiger partial charge in [-0.1, -0.05) is 30.3 Å². The average molecular weight is 526 g/mol. The Hall–Kier alpha value is -4.42. The van der Waals surface area contributed by atoms with Gasteiger partial charge < -0.3 is 42.0 Å². The van der Waals surface area contributed by atoms with Gasteiger partial charge in [-0.3, -0.25) is 14.4 Å². The zero-order valence-corrected chi connectivity index (χ0v) is 20.7. The van der Waals surface area contributed by atoms with Crippen molar-refractivity contribution in [2.45, 2.75) is 44.0 Å². The minimum absolute atomic E-state index is 0.00197. The van der Waals surface area contributed by atoms with Crippen LogP contribution in [-0.2, 0) is 32.0 Å². The number of rotatable bonds is 12. The molecule has 9 N–H and O–H groups in total. The fourth-order valence-corrected chi connectivity index (χ4v) is 3.97. The number of fused-ring (bicyclic) bond motifs is 1. The molecule has 0 fully saturated rings. The molecule has 0 saturated carbocycles. The number of H-pyrrole nitrogens is 1. The minimum atomic E-state index is -1.40. The molecular weight excluding hydrogens is 494 g/mol. The number of aliphatic hydroxyl groups excluding tert-OH is 1. The van der Waals surface area contributed by atoms with Crippen LogP contribution >= 0.6 is 0 Å². The summed E-state index contributed by atoms with van der Waals surface area (Å²) in [5.74, 6) is -3.59. The zero-order valence-electron chi connectivity index (χ0n) is 20.7. The number of nitrogens with two attached hydrogens (primary N) is 1. The summed E-state index contributed by atoms with van der Waals surface area (Å²) in [5, 5.41) is 37.5. The summed E-state index contributed by atoms with van der Waals surface area (Å²) in [4.78, 5) is 53.1. The number of phenolic OH excluding ortho intramolecular Hbond substituents is 1. The van der Waals surface area contributed by atoms with E-state index < -0.39 is 54.5 Å². The maximum Gasteiger partial charge on any atom is 0.326 e. The van der Waals surface area contributed by atoms with E-state index in [0.717, 1.165) is 10.9 Å². The van der Waals surface area contributed by atoms with Gasteiger partial charge in [0.25, 0.3) is 0 Å². The van der Waals surface area contributed by atoms with Gasteiger partial charge in [-0.25, -0.2) is 4.79 Å². The number of carbonyl (C=O) groups excluding carboxylic acids is 3. The van der Waals surface area contributed by atoms with Crippen molar-refractivity contribution in [3.63, 3.8) is 0 Å². The van der Waals surface area contributed by atoms with Crippen LogP contribution < -0.4 is 21.7 Å². The van der Waals surface area contributed by atoms with Crippen molar-refractivity contribution in [1.82, 2.24) is 20.9 Å².